The maximum absolute atomic E-state index is 13.6. The maximum Gasteiger partial charge on any atom is 0.254 e. The molecule has 0 aliphatic heterocycles. The third-order valence-corrected chi connectivity index (χ3v) is 3.64. The van der Waals surface area contributed by atoms with E-state index in [-0.39, 0.29) is 23.2 Å². The van der Waals surface area contributed by atoms with Gasteiger partial charge in [-0.05, 0) is 19.1 Å². The van der Waals surface area contributed by atoms with Crippen molar-refractivity contribution in [3.05, 3.63) is 46.2 Å². The Morgan fingerprint density at radius 2 is 2.26 bits per heavy atom. The number of hydrogen-bond donors (Lipinski definition) is 2. The van der Waals surface area contributed by atoms with Crippen molar-refractivity contribution in [2.75, 3.05) is 12.4 Å². The first-order chi connectivity index (χ1) is 9.13. The van der Waals surface area contributed by atoms with Gasteiger partial charge in [0.1, 0.15) is 10.8 Å². The lowest BCUT2D eigenvalue weighted by atomic mass is 10.1. The van der Waals surface area contributed by atoms with Gasteiger partial charge in [-0.25, -0.2) is 9.37 Å². The van der Waals surface area contributed by atoms with Gasteiger partial charge >= 0.3 is 0 Å². The molecule has 0 saturated carbocycles. The Hall–Kier alpha value is -1.95. The molecule has 6 heteroatoms. The molecular formula is C13H14FN3OS. The molecule has 0 fully saturated rings. The molecule has 1 heterocycles. The van der Waals surface area contributed by atoms with Crippen molar-refractivity contribution in [2.45, 2.75) is 13.0 Å². The van der Waals surface area contributed by atoms with Crippen LogP contribution >= 0.6 is 11.3 Å². The van der Waals surface area contributed by atoms with Crippen molar-refractivity contribution >= 4 is 22.9 Å². The summed E-state index contributed by atoms with van der Waals surface area (Å²) in [5.74, 6) is -0.774. The molecule has 2 rings (SSSR count). The van der Waals surface area contributed by atoms with E-state index < -0.39 is 5.82 Å². The van der Waals surface area contributed by atoms with Crippen LogP contribution in [0.5, 0.6) is 0 Å². The van der Waals surface area contributed by atoms with Gasteiger partial charge in [-0.15, -0.1) is 11.3 Å². The first-order valence-electron chi connectivity index (χ1n) is 5.80. The molecule has 2 aromatic rings. The number of carbonyl (C=O) groups is 1. The summed E-state index contributed by atoms with van der Waals surface area (Å²) in [5.41, 5.74) is 0.484. The molecule has 1 amide bonds. The molecule has 1 atom stereocenters. The van der Waals surface area contributed by atoms with E-state index in [1.807, 2.05) is 12.3 Å². The zero-order valence-electron chi connectivity index (χ0n) is 10.6. The topological polar surface area (TPSA) is 54.0 Å². The summed E-state index contributed by atoms with van der Waals surface area (Å²) in [5, 5.41) is 8.17. The highest BCUT2D eigenvalue weighted by Crippen LogP contribution is 2.21. The van der Waals surface area contributed by atoms with Gasteiger partial charge in [-0.2, -0.15) is 0 Å². The lowest BCUT2D eigenvalue weighted by molar-refractivity contribution is 0.0940. The Morgan fingerprint density at radius 3 is 2.89 bits per heavy atom. The predicted octanol–water partition coefficient (Wildman–Crippen LogP) is 2.81. The van der Waals surface area contributed by atoms with Crippen LogP contribution in [0, 0.1) is 5.82 Å². The summed E-state index contributed by atoms with van der Waals surface area (Å²) < 4.78 is 13.6. The molecule has 0 aliphatic carbocycles. The number of thiazole rings is 1. The van der Waals surface area contributed by atoms with E-state index in [1.165, 1.54) is 23.5 Å². The highest BCUT2D eigenvalue weighted by atomic mass is 32.1. The first-order valence-corrected chi connectivity index (χ1v) is 6.68. The highest BCUT2D eigenvalue weighted by Gasteiger charge is 2.17. The molecule has 1 unspecified atom stereocenters. The summed E-state index contributed by atoms with van der Waals surface area (Å²) in [6.07, 6.45) is 1.68. The number of hydrogen-bond acceptors (Lipinski definition) is 4. The van der Waals surface area contributed by atoms with E-state index >= 15 is 0 Å². The van der Waals surface area contributed by atoms with E-state index in [1.54, 1.807) is 19.3 Å². The number of nitrogens with one attached hydrogen (secondary N) is 2. The van der Waals surface area contributed by atoms with Crippen molar-refractivity contribution in [1.82, 2.24) is 10.3 Å². The average Bonchev–Trinajstić information content (AvgIpc) is 2.92. The van der Waals surface area contributed by atoms with Crippen LogP contribution in [0.3, 0.4) is 0 Å². The number of carbonyl (C=O) groups excluding carboxylic acids is 1. The molecule has 4 nitrogen and oxygen atoms in total. The van der Waals surface area contributed by atoms with Crippen LogP contribution in [-0.2, 0) is 0 Å². The zero-order valence-corrected chi connectivity index (χ0v) is 11.4. The lowest BCUT2D eigenvalue weighted by Crippen LogP contribution is -2.27. The maximum atomic E-state index is 13.6. The van der Waals surface area contributed by atoms with Crippen LogP contribution in [0.1, 0.15) is 28.3 Å². The van der Waals surface area contributed by atoms with E-state index in [0.717, 1.165) is 5.01 Å². The SMILES string of the molecule is CNc1c(F)cccc1C(=O)NC(C)c1nccs1. The minimum atomic E-state index is -0.447. The number of halogens is 1. The Labute approximate surface area is 114 Å². The van der Waals surface area contributed by atoms with Crippen molar-refractivity contribution in [3.63, 3.8) is 0 Å². The lowest BCUT2D eigenvalue weighted by Gasteiger charge is -2.14. The van der Waals surface area contributed by atoms with Crippen LogP contribution in [0.15, 0.2) is 29.8 Å². The minimum absolute atomic E-state index is 0.200. The molecular weight excluding hydrogens is 265 g/mol. The van der Waals surface area contributed by atoms with Crippen molar-refractivity contribution < 1.29 is 9.18 Å². The normalized spacial score (nSPS) is 11.9. The summed E-state index contributed by atoms with van der Waals surface area (Å²) in [6.45, 7) is 1.84. The second-order valence-corrected chi connectivity index (χ2v) is 4.90. The molecule has 0 bridgehead atoms. The van der Waals surface area contributed by atoms with E-state index in [4.69, 9.17) is 0 Å². The van der Waals surface area contributed by atoms with Crippen molar-refractivity contribution in [1.29, 1.82) is 0 Å². The van der Waals surface area contributed by atoms with Crippen molar-refractivity contribution in [2.24, 2.45) is 0 Å². The number of para-hydroxylation sites is 1. The number of anilines is 1. The Balaban J connectivity index is 2.19. The van der Waals surface area contributed by atoms with E-state index in [0.29, 0.717) is 0 Å². The number of aromatic nitrogens is 1. The van der Waals surface area contributed by atoms with Gasteiger partial charge in [0, 0.05) is 18.6 Å². The minimum Gasteiger partial charge on any atom is -0.385 e. The average molecular weight is 279 g/mol. The van der Waals surface area contributed by atoms with E-state index in [2.05, 4.69) is 15.6 Å². The molecule has 0 aliphatic rings. The fourth-order valence-corrected chi connectivity index (χ4v) is 2.40. The van der Waals surface area contributed by atoms with E-state index in [9.17, 15) is 9.18 Å². The fourth-order valence-electron chi connectivity index (χ4n) is 1.75. The van der Waals surface area contributed by atoms with Gasteiger partial charge in [0.2, 0.25) is 0 Å². The van der Waals surface area contributed by atoms with Gasteiger partial charge in [-0.1, -0.05) is 6.07 Å². The van der Waals surface area contributed by atoms with Crippen LogP contribution < -0.4 is 10.6 Å². The molecule has 0 radical (unpaired) electrons. The zero-order chi connectivity index (χ0) is 13.8. The highest BCUT2D eigenvalue weighted by molar-refractivity contribution is 7.09. The second kappa shape index (κ2) is 5.79. The Morgan fingerprint density at radius 1 is 1.47 bits per heavy atom. The first kappa shape index (κ1) is 13.5. The van der Waals surface area contributed by atoms with Gasteiger partial charge in [0.25, 0.3) is 5.91 Å². The van der Waals surface area contributed by atoms with Gasteiger partial charge in [0.05, 0.1) is 17.3 Å². The molecule has 100 valence electrons. The molecule has 2 N–H and O–H groups in total. The summed E-state index contributed by atoms with van der Waals surface area (Å²) >= 11 is 1.47. The third-order valence-electron chi connectivity index (χ3n) is 2.68. The number of benzene rings is 1. The summed E-state index contributed by atoms with van der Waals surface area (Å²) in [7, 11) is 1.58. The molecule has 0 saturated heterocycles. The van der Waals surface area contributed by atoms with Crippen molar-refractivity contribution in [3.8, 4) is 0 Å². The second-order valence-electron chi connectivity index (χ2n) is 3.98. The third kappa shape index (κ3) is 2.90. The fraction of sp³-hybridized carbons (Fsp3) is 0.231. The summed E-state index contributed by atoms with van der Waals surface area (Å²) in [4.78, 5) is 16.3. The smallest absolute Gasteiger partial charge is 0.254 e. The van der Waals surface area contributed by atoms with Crippen LogP contribution in [0.25, 0.3) is 0 Å². The van der Waals surface area contributed by atoms with Gasteiger partial charge in [-0.3, -0.25) is 4.79 Å². The molecule has 0 spiro atoms. The van der Waals surface area contributed by atoms with Crippen LogP contribution in [-0.4, -0.2) is 17.9 Å². The van der Waals surface area contributed by atoms with Crippen LogP contribution in [0.2, 0.25) is 0 Å². The monoisotopic (exact) mass is 279 g/mol. The Kier molecular flexibility index (Phi) is 4.11. The largest absolute Gasteiger partial charge is 0.385 e. The standard InChI is InChI=1S/C13H14FN3OS/c1-8(13-16-6-7-19-13)17-12(18)9-4-3-5-10(14)11(9)15-2/h3-8,15H,1-2H3,(H,17,18). The van der Waals surface area contributed by atoms with Crippen LogP contribution in [0.4, 0.5) is 10.1 Å². The Bertz CT molecular complexity index is 571. The van der Waals surface area contributed by atoms with Gasteiger partial charge in [0.15, 0.2) is 0 Å². The van der Waals surface area contributed by atoms with Gasteiger partial charge < -0.3 is 10.6 Å². The number of rotatable bonds is 4. The number of nitrogens with zero attached hydrogens (tertiary/aromatic N) is 1. The molecule has 19 heavy (non-hydrogen) atoms. The number of amides is 1. The quantitative estimate of drug-likeness (QED) is 0.905. The molecule has 1 aromatic carbocycles. The molecule has 1 aromatic heterocycles. The predicted molar refractivity (Wildman–Crippen MR) is 73.9 cm³/mol. The summed E-state index contributed by atoms with van der Waals surface area (Å²) in [6, 6.07) is 4.20.